The number of hydrogen-bond donors (Lipinski definition) is 0. The van der Waals surface area contributed by atoms with Crippen LogP contribution in [0, 0.1) is 20.8 Å². The predicted octanol–water partition coefficient (Wildman–Crippen LogP) is 3.93. The highest BCUT2D eigenvalue weighted by atomic mass is 15.0. The summed E-state index contributed by atoms with van der Waals surface area (Å²) in [5.74, 6) is 0. The molecule has 0 N–H and O–H groups in total. The van der Waals surface area contributed by atoms with E-state index in [1.54, 1.807) is 0 Å². The van der Waals surface area contributed by atoms with Crippen LogP contribution in [0.5, 0.6) is 0 Å². The molecular weight excluding hydrogens is 220 g/mol. The van der Waals surface area contributed by atoms with Crippen molar-refractivity contribution >= 4 is 5.65 Å². The van der Waals surface area contributed by atoms with E-state index < -0.39 is 0 Å². The van der Waals surface area contributed by atoms with Crippen LogP contribution >= 0.6 is 0 Å². The van der Waals surface area contributed by atoms with E-state index in [9.17, 15) is 0 Å². The Morgan fingerprint density at radius 2 is 1.67 bits per heavy atom. The summed E-state index contributed by atoms with van der Waals surface area (Å²) in [6, 6.07) is 14.7. The van der Waals surface area contributed by atoms with Crippen LogP contribution in [-0.4, -0.2) is 9.38 Å². The Balaban J connectivity index is 2.33. The number of pyridine rings is 1. The van der Waals surface area contributed by atoms with E-state index in [1.165, 1.54) is 22.5 Å². The van der Waals surface area contributed by atoms with Gasteiger partial charge in [0, 0.05) is 17.0 Å². The van der Waals surface area contributed by atoms with Crippen molar-refractivity contribution in [3.05, 3.63) is 59.4 Å². The van der Waals surface area contributed by atoms with Gasteiger partial charge in [-0.3, -0.25) is 0 Å². The van der Waals surface area contributed by atoms with Crippen LogP contribution in [0.3, 0.4) is 0 Å². The summed E-state index contributed by atoms with van der Waals surface area (Å²) >= 11 is 0. The number of imidazole rings is 1. The normalized spacial score (nSPS) is 11.1. The highest BCUT2D eigenvalue weighted by Crippen LogP contribution is 2.25. The smallest absolute Gasteiger partial charge is 0.138 e. The Kier molecular flexibility index (Phi) is 2.44. The second kappa shape index (κ2) is 3.98. The fraction of sp³-hybridized carbons (Fsp3) is 0.188. The van der Waals surface area contributed by atoms with Gasteiger partial charge in [-0.25, -0.2) is 4.98 Å². The quantitative estimate of drug-likeness (QED) is 0.626. The molecule has 0 fully saturated rings. The highest BCUT2D eigenvalue weighted by Gasteiger charge is 2.11. The number of aryl methyl sites for hydroxylation is 3. The molecule has 2 heteroatoms. The van der Waals surface area contributed by atoms with Crippen LogP contribution in [-0.2, 0) is 0 Å². The van der Waals surface area contributed by atoms with Crippen molar-refractivity contribution in [3.63, 3.8) is 0 Å². The third-order valence-corrected chi connectivity index (χ3v) is 3.33. The van der Waals surface area contributed by atoms with Gasteiger partial charge < -0.3 is 4.40 Å². The molecule has 2 aromatic heterocycles. The van der Waals surface area contributed by atoms with Gasteiger partial charge in [0.25, 0.3) is 0 Å². The third kappa shape index (κ3) is 1.61. The first-order chi connectivity index (χ1) is 8.66. The van der Waals surface area contributed by atoms with E-state index in [1.807, 2.05) is 6.07 Å². The average molecular weight is 236 g/mol. The second-order valence-electron chi connectivity index (χ2n) is 4.78. The van der Waals surface area contributed by atoms with E-state index in [4.69, 9.17) is 4.98 Å². The van der Waals surface area contributed by atoms with E-state index in [0.717, 1.165) is 11.3 Å². The SMILES string of the molecule is Cc1cc(C)n2c(C)c(-c3ccccc3)nc2c1. The standard InChI is InChI=1S/C16H16N2/c1-11-9-12(2)18-13(3)16(17-15(18)10-11)14-7-5-4-6-8-14/h4-10H,1-3H3. The molecule has 0 amide bonds. The molecule has 0 aliphatic heterocycles. The largest absolute Gasteiger partial charge is 0.301 e. The molecule has 2 nitrogen and oxygen atoms in total. The van der Waals surface area contributed by atoms with Crippen LogP contribution in [0.2, 0.25) is 0 Å². The van der Waals surface area contributed by atoms with Crippen molar-refractivity contribution < 1.29 is 0 Å². The van der Waals surface area contributed by atoms with Crippen LogP contribution < -0.4 is 0 Å². The molecule has 1 aromatic carbocycles. The summed E-state index contributed by atoms with van der Waals surface area (Å²) in [6.45, 7) is 6.37. The molecule has 0 saturated heterocycles. The third-order valence-electron chi connectivity index (χ3n) is 3.33. The van der Waals surface area contributed by atoms with Crippen molar-refractivity contribution in [1.82, 2.24) is 9.38 Å². The molecule has 0 saturated carbocycles. The Morgan fingerprint density at radius 3 is 2.39 bits per heavy atom. The fourth-order valence-corrected chi connectivity index (χ4v) is 2.57. The van der Waals surface area contributed by atoms with Gasteiger partial charge in [0.1, 0.15) is 5.65 Å². The lowest BCUT2D eigenvalue weighted by molar-refractivity contribution is 1.03. The molecule has 3 rings (SSSR count). The monoisotopic (exact) mass is 236 g/mol. The van der Waals surface area contributed by atoms with Crippen molar-refractivity contribution in [2.45, 2.75) is 20.8 Å². The molecule has 0 aliphatic rings. The van der Waals surface area contributed by atoms with Gasteiger partial charge in [0.2, 0.25) is 0 Å². The van der Waals surface area contributed by atoms with Gasteiger partial charge in [-0.15, -0.1) is 0 Å². The topological polar surface area (TPSA) is 17.3 Å². The van der Waals surface area contributed by atoms with Gasteiger partial charge in [-0.2, -0.15) is 0 Å². The second-order valence-corrected chi connectivity index (χ2v) is 4.78. The molecule has 0 spiro atoms. The first-order valence-electron chi connectivity index (χ1n) is 6.18. The summed E-state index contributed by atoms with van der Waals surface area (Å²) in [6.07, 6.45) is 0. The summed E-state index contributed by atoms with van der Waals surface area (Å²) in [5.41, 5.74) is 6.97. The molecule has 0 bridgehead atoms. The van der Waals surface area contributed by atoms with Gasteiger partial charge >= 0.3 is 0 Å². The predicted molar refractivity (Wildman–Crippen MR) is 74.8 cm³/mol. The molecular formula is C16H16N2. The average Bonchev–Trinajstić information content (AvgIpc) is 2.67. The van der Waals surface area contributed by atoms with Gasteiger partial charge in [-0.1, -0.05) is 30.3 Å². The molecule has 0 radical (unpaired) electrons. The Labute approximate surface area is 107 Å². The molecule has 3 aromatic rings. The zero-order valence-corrected chi connectivity index (χ0v) is 10.9. The van der Waals surface area contributed by atoms with Gasteiger partial charge in [0.05, 0.1) is 5.69 Å². The van der Waals surface area contributed by atoms with Gasteiger partial charge in [-0.05, 0) is 38.5 Å². The van der Waals surface area contributed by atoms with Crippen molar-refractivity contribution in [2.75, 3.05) is 0 Å². The first-order valence-corrected chi connectivity index (χ1v) is 6.18. The molecule has 18 heavy (non-hydrogen) atoms. The van der Waals surface area contributed by atoms with E-state index in [-0.39, 0.29) is 0 Å². The summed E-state index contributed by atoms with van der Waals surface area (Å²) in [7, 11) is 0. The maximum Gasteiger partial charge on any atom is 0.138 e. The zero-order valence-electron chi connectivity index (χ0n) is 10.9. The molecule has 0 atom stereocenters. The lowest BCUT2D eigenvalue weighted by Crippen LogP contribution is -1.94. The minimum atomic E-state index is 1.03. The summed E-state index contributed by atoms with van der Waals surface area (Å²) in [5, 5.41) is 0. The van der Waals surface area contributed by atoms with E-state index in [0.29, 0.717) is 0 Å². The van der Waals surface area contributed by atoms with Crippen molar-refractivity contribution in [1.29, 1.82) is 0 Å². The maximum absolute atomic E-state index is 4.77. The molecule has 2 heterocycles. The van der Waals surface area contributed by atoms with Crippen LogP contribution in [0.4, 0.5) is 0 Å². The molecule has 0 unspecified atom stereocenters. The first kappa shape index (κ1) is 11.0. The minimum absolute atomic E-state index is 1.03. The number of aromatic nitrogens is 2. The Bertz CT molecular complexity index is 709. The molecule has 0 aliphatic carbocycles. The highest BCUT2D eigenvalue weighted by molar-refractivity contribution is 5.66. The number of benzene rings is 1. The van der Waals surface area contributed by atoms with Crippen molar-refractivity contribution in [2.24, 2.45) is 0 Å². The molecule has 90 valence electrons. The van der Waals surface area contributed by atoms with Crippen LogP contribution in [0.15, 0.2) is 42.5 Å². The maximum atomic E-state index is 4.77. The lowest BCUT2D eigenvalue weighted by Gasteiger charge is -2.04. The zero-order chi connectivity index (χ0) is 12.7. The number of hydrogen-bond acceptors (Lipinski definition) is 1. The van der Waals surface area contributed by atoms with Crippen molar-refractivity contribution in [3.8, 4) is 11.3 Å². The summed E-state index contributed by atoms with van der Waals surface area (Å²) < 4.78 is 2.22. The number of rotatable bonds is 1. The van der Waals surface area contributed by atoms with E-state index in [2.05, 4.69) is 61.6 Å². The van der Waals surface area contributed by atoms with Crippen LogP contribution in [0.1, 0.15) is 17.0 Å². The van der Waals surface area contributed by atoms with E-state index >= 15 is 0 Å². The van der Waals surface area contributed by atoms with Gasteiger partial charge in [0.15, 0.2) is 0 Å². The minimum Gasteiger partial charge on any atom is -0.301 e. The number of fused-ring (bicyclic) bond motifs is 1. The fourth-order valence-electron chi connectivity index (χ4n) is 2.57. The summed E-state index contributed by atoms with van der Waals surface area (Å²) in [4.78, 5) is 4.77. The Morgan fingerprint density at radius 1 is 0.944 bits per heavy atom. The Hall–Kier alpha value is -2.09. The van der Waals surface area contributed by atoms with Crippen LogP contribution in [0.25, 0.3) is 16.9 Å². The lowest BCUT2D eigenvalue weighted by atomic mass is 10.1. The number of nitrogens with zero attached hydrogens (tertiary/aromatic N) is 2.